The maximum Gasteiger partial charge on any atom is 0.126 e. The van der Waals surface area contributed by atoms with Crippen molar-refractivity contribution >= 4 is 17.1 Å². The van der Waals surface area contributed by atoms with Crippen molar-refractivity contribution in [2.75, 3.05) is 17.6 Å². The summed E-state index contributed by atoms with van der Waals surface area (Å²) in [5.74, 6) is 0.844. The Morgan fingerprint density at radius 2 is 2.06 bits per heavy atom. The molecule has 0 unspecified atom stereocenters. The lowest BCUT2D eigenvalue weighted by Gasteiger charge is -2.10. The summed E-state index contributed by atoms with van der Waals surface area (Å²) >= 11 is 0. The van der Waals surface area contributed by atoms with Gasteiger partial charge >= 0.3 is 0 Å². The molecule has 0 radical (unpaired) electrons. The number of nitrogen functional groups attached to an aromatic ring is 1. The average molecular weight is 239 g/mol. The molecule has 1 heterocycles. The monoisotopic (exact) mass is 239 g/mol. The Hall–Kier alpha value is -2.29. The molecule has 0 bridgehead atoms. The van der Waals surface area contributed by atoms with Crippen LogP contribution in [0.25, 0.3) is 5.57 Å². The minimum absolute atomic E-state index is 0.629. The molecule has 0 saturated carbocycles. The van der Waals surface area contributed by atoms with Crippen molar-refractivity contribution in [2.24, 2.45) is 0 Å². The predicted octanol–water partition coefficient (Wildman–Crippen LogP) is 3.10. The fourth-order valence-corrected chi connectivity index (χ4v) is 1.68. The summed E-state index contributed by atoms with van der Waals surface area (Å²) in [4.78, 5) is 4.28. The summed E-state index contributed by atoms with van der Waals surface area (Å²) in [6.45, 7) is 6.69. The van der Waals surface area contributed by atoms with Crippen molar-refractivity contribution in [1.29, 1.82) is 0 Å². The Balaban J connectivity index is 2.01. The standard InChI is InChI=1S/C15H17N3/c1-11-7-8-15(17-9-11)18-10-12(2)13-5-3-4-6-14(13)16/h3-9H,2,10,16H2,1H3,(H,17,18). The quantitative estimate of drug-likeness (QED) is 0.806. The molecule has 0 atom stereocenters. The van der Waals surface area contributed by atoms with Crippen LogP contribution in [0.15, 0.2) is 49.2 Å². The van der Waals surface area contributed by atoms with Crippen LogP contribution >= 0.6 is 0 Å². The highest BCUT2D eigenvalue weighted by molar-refractivity contribution is 5.75. The molecule has 0 spiro atoms. The van der Waals surface area contributed by atoms with Crippen LogP contribution in [0.4, 0.5) is 11.5 Å². The molecule has 0 saturated heterocycles. The van der Waals surface area contributed by atoms with E-state index >= 15 is 0 Å². The molecule has 2 rings (SSSR count). The number of aromatic nitrogens is 1. The van der Waals surface area contributed by atoms with E-state index in [0.29, 0.717) is 6.54 Å². The first kappa shape index (κ1) is 12.2. The topological polar surface area (TPSA) is 50.9 Å². The smallest absolute Gasteiger partial charge is 0.126 e. The van der Waals surface area contributed by atoms with Gasteiger partial charge in [-0.1, -0.05) is 30.8 Å². The van der Waals surface area contributed by atoms with Gasteiger partial charge in [0.25, 0.3) is 0 Å². The first-order valence-corrected chi connectivity index (χ1v) is 5.86. The summed E-state index contributed by atoms with van der Waals surface area (Å²) < 4.78 is 0. The van der Waals surface area contributed by atoms with Crippen LogP contribution in [0.2, 0.25) is 0 Å². The van der Waals surface area contributed by atoms with E-state index in [0.717, 1.165) is 28.2 Å². The van der Waals surface area contributed by atoms with Gasteiger partial charge in [-0.3, -0.25) is 0 Å². The summed E-state index contributed by atoms with van der Waals surface area (Å²) in [5.41, 5.74) is 9.74. The molecular formula is C15H17N3. The van der Waals surface area contributed by atoms with E-state index in [9.17, 15) is 0 Å². The fraction of sp³-hybridized carbons (Fsp3) is 0.133. The zero-order valence-corrected chi connectivity index (χ0v) is 10.5. The van der Waals surface area contributed by atoms with Crippen molar-refractivity contribution in [2.45, 2.75) is 6.92 Å². The van der Waals surface area contributed by atoms with Gasteiger partial charge in [0.2, 0.25) is 0 Å². The van der Waals surface area contributed by atoms with Crippen LogP contribution < -0.4 is 11.1 Å². The van der Waals surface area contributed by atoms with Crippen molar-refractivity contribution in [3.05, 3.63) is 60.3 Å². The highest BCUT2D eigenvalue weighted by atomic mass is 15.0. The lowest BCUT2D eigenvalue weighted by atomic mass is 10.1. The number of para-hydroxylation sites is 1. The normalized spacial score (nSPS) is 10.1. The van der Waals surface area contributed by atoms with Gasteiger partial charge in [0.15, 0.2) is 0 Å². The third kappa shape index (κ3) is 2.88. The minimum atomic E-state index is 0.629. The van der Waals surface area contributed by atoms with Gasteiger partial charge in [-0.05, 0) is 30.2 Å². The molecule has 3 nitrogen and oxygen atoms in total. The zero-order valence-electron chi connectivity index (χ0n) is 10.5. The van der Waals surface area contributed by atoms with Crippen LogP contribution in [-0.4, -0.2) is 11.5 Å². The van der Waals surface area contributed by atoms with Crippen molar-refractivity contribution < 1.29 is 0 Å². The Labute approximate surface area is 107 Å². The first-order chi connectivity index (χ1) is 8.66. The van der Waals surface area contributed by atoms with E-state index in [-0.39, 0.29) is 0 Å². The van der Waals surface area contributed by atoms with E-state index in [1.165, 1.54) is 0 Å². The van der Waals surface area contributed by atoms with Gasteiger partial charge in [-0.2, -0.15) is 0 Å². The molecule has 0 fully saturated rings. The third-order valence-electron chi connectivity index (χ3n) is 2.74. The van der Waals surface area contributed by atoms with Crippen molar-refractivity contribution in [1.82, 2.24) is 4.98 Å². The molecule has 3 N–H and O–H groups in total. The Morgan fingerprint density at radius 3 is 2.72 bits per heavy atom. The van der Waals surface area contributed by atoms with Crippen LogP contribution in [0.1, 0.15) is 11.1 Å². The zero-order chi connectivity index (χ0) is 13.0. The Morgan fingerprint density at radius 1 is 1.28 bits per heavy atom. The second-order valence-electron chi connectivity index (χ2n) is 4.27. The van der Waals surface area contributed by atoms with E-state index in [1.807, 2.05) is 49.5 Å². The van der Waals surface area contributed by atoms with Crippen LogP contribution in [0, 0.1) is 6.92 Å². The average Bonchev–Trinajstić information content (AvgIpc) is 2.38. The lowest BCUT2D eigenvalue weighted by Crippen LogP contribution is -2.06. The van der Waals surface area contributed by atoms with Crippen molar-refractivity contribution in [3.8, 4) is 0 Å². The highest BCUT2D eigenvalue weighted by Crippen LogP contribution is 2.19. The largest absolute Gasteiger partial charge is 0.398 e. The van der Waals surface area contributed by atoms with E-state index < -0.39 is 0 Å². The molecule has 2 aromatic rings. The summed E-state index contributed by atoms with van der Waals surface area (Å²) in [6.07, 6.45) is 1.84. The number of aryl methyl sites for hydroxylation is 1. The number of benzene rings is 1. The maximum absolute atomic E-state index is 5.91. The molecule has 0 amide bonds. The number of hydrogen-bond donors (Lipinski definition) is 2. The van der Waals surface area contributed by atoms with Gasteiger partial charge in [0.05, 0.1) is 0 Å². The number of nitrogens with zero attached hydrogens (tertiary/aromatic N) is 1. The van der Waals surface area contributed by atoms with Gasteiger partial charge in [-0.25, -0.2) is 4.98 Å². The number of nitrogens with one attached hydrogen (secondary N) is 1. The van der Waals surface area contributed by atoms with Crippen molar-refractivity contribution in [3.63, 3.8) is 0 Å². The van der Waals surface area contributed by atoms with Gasteiger partial charge < -0.3 is 11.1 Å². The minimum Gasteiger partial charge on any atom is -0.398 e. The van der Waals surface area contributed by atoms with Crippen LogP contribution in [-0.2, 0) is 0 Å². The molecule has 1 aromatic carbocycles. The molecule has 0 aliphatic heterocycles. The lowest BCUT2D eigenvalue weighted by molar-refractivity contribution is 1.21. The Kier molecular flexibility index (Phi) is 3.63. The SMILES string of the molecule is C=C(CNc1ccc(C)cn1)c1ccccc1N. The first-order valence-electron chi connectivity index (χ1n) is 5.86. The molecule has 18 heavy (non-hydrogen) atoms. The molecular weight excluding hydrogens is 222 g/mol. The summed E-state index contributed by atoms with van der Waals surface area (Å²) in [5, 5.41) is 3.23. The highest BCUT2D eigenvalue weighted by Gasteiger charge is 2.02. The van der Waals surface area contributed by atoms with Gasteiger partial charge in [0.1, 0.15) is 5.82 Å². The molecule has 92 valence electrons. The number of anilines is 2. The van der Waals surface area contributed by atoms with E-state index in [2.05, 4.69) is 16.9 Å². The van der Waals surface area contributed by atoms with Gasteiger partial charge in [-0.15, -0.1) is 0 Å². The number of hydrogen-bond acceptors (Lipinski definition) is 3. The van der Waals surface area contributed by atoms with E-state index in [1.54, 1.807) is 0 Å². The second kappa shape index (κ2) is 5.36. The number of nitrogens with two attached hydrogens (primary N) is 1. The predicted molar refractivity (Wildman–Crippen MR) is 77.4 cm³/mol. The van der Waals surface area contributed by atoms with Crippen LogP contribution in [0.5, 0.6) is 0 Å². The maximum atomic E-state index is 5.91. The van der Waals surface area contributed by atoms with Crippen LogP contribution in [0.3, 0.4) is 0 Å². The second-order valence-corrected chi connectivity index (χ2v) is 4.27. The molecule has 3 heteroatoms. The molecule has 0 aliphatic carbocycles. The Bertz CT molecular complexity index is 544. The molecule has 1 aromatic heterocycles. The number of pyridine rings is 1. The summed E-state index contributed by atoms with van der Waals surface area (Å²) in [6, 6.07) is 11.7. The number of rotatable bonds is 4. The fourth-order valence-electron chi connectivity index (χ4n) is 1.68. The molecule has 0 aliphatic rings. The summed E-state index contributed by atoms with van der Waals surface area (Å²) in [7, 11) is 0. The third-order valence-corrected chi connectivity index (χ3v) is 2.74. The van der Waals surface area contributed by atoms with Gasteiger partial charge in [0, 0.05) is 24.0 Å². The van der Waals surface area contributed by atoms with E-state index in [4.69, 9.17) is 5.73 Å².